The standard InChI is InChI=1S/C17H26N2O2/c1-4-21-16-7-5-15(6-8-16)18-9-11-19(12-10-18)17(20)13-14(2)3/h5-8,14H,4,9-13H2,1-3H3. The minimum atomic E-state index is 0.288. The van der Waals surface area contributed by atoms with Crippen molar-refractivity contribution < 1.29 is 9.53 Å². The Morgan fingerprint density at radius 2 is 1.76 bits per heavy atom. The molecule has 21 heavy (non-hydrogen) atoms. The summed E-state index contributed by atoms with van der Waals surface area (Å²) in [5.74, 6) is 1.63. The third kappa shape index (κ3) is 4.38. The highest BCUT2D eigenvalue weighted by molar-refractivity contribution is 5.76. The second-order valence-electron chi connectivity index (χ2n) is 5.89. The smallest absolute Gasteiger partial charge is 0.222 e. The van der Waals surface area contributed by atoms with Gasteiger partial charge in [0.25, 0.3) is 0 Å². The van der Waals surface area contributed by atoms with Gasteiger partial charge < -0.3 is 14.5 Å². The quantitative estimate of drug-likeness (QED) is 0.836. The van der Waals surface area contributed by atoms with Crippen molar-refractivity contribution in [2.75, 3.05) is 37.7 Å². The molecule has 0 N–H and O–H groups in total. The highest BCUT2D eigenvalue weighted by atomic mass is 16.5. The summed E-state index contributed by atoms with van der Waals surface area (Å²) in [4.78, 5) is 16.4. The predicted octanol–water partition coefficient (Wildman–Crippen LogP) is 2.78. The van der Waals surface area contributed by atoms with Crippen LogP contribution in [-0.4, -0.2) is 43.6 Å². The van der Waals surface area contributed by atoms with Crippen LogP contribution in [0, 0.1) is 5.92 Å². The van der Waals surface area contributed by atoms with Crippen LogP contribution < -0.4 is 9.64 Å². The molecule has 4 nitrogen and oxygen atoms in total. The van der Waals surface area contributed by atoms with Crippen LogP contribution in [0.25, 0.3) is 0 Å². The largest absolute Gasteiger partial charge is 0.494 e. The van der Waals surface area contributed by atoms with Crippen LogP contribution in [0.4, 0.5) is 5.69 Å². The Bertz CT molecular complexity index is 448. The van der Waals surface area contributed by atoms with E-state index < -0.39 is 0 Å². The second-order valence-corrected chi connectivity index (χ2v) is 5.89. The molecule has 1 amide bonds. The lowest BCUT2D eigenvalue weighted by molar-refractivity contribution is -0.132. The maximum absolute atomic E-state index is 12.1. The number of benzene rings is 1. The molecule has 2 rings (SSSR count). The van der Waals surface area contributed by atoms with Crippen molar-refractivity contribution in [3.63, 3.8) is 0 Å². The summed E-state index contributed by atoms with van der Waals surface area (Å²) in [6.07, 6.45) is 0.656. The van der Waals surface area contributed by atoms with E-state index in [1.165, 1.54) is 5.69 Å². The minimum absolute atomic E-state index is 0.288. The van der Waals surface area contributed by atoms with E-state index in [9.17, 15) is 4.79 Å². The molecule has 1 aliphatic rings. The zero-order valence-corrected chi connectivity index (χ0v) is 13.3. The molecular formula is C17H26N2O2. The van der Waals surface area contributed by atoms with Crippen molar-refractivity contribution in [3.8, 4) is 5.75 Å². The summed E-state index contributed by atoms with van der Waals surface area (Å²) in [7, 11) is 0. The van der Waals surface area contributed by atoms with E-state index in [-0.39, 0.29) is 5.91 Å². The maximum atomic E-state index is 12.1. The molecular weight excluding hydrogens is 264 g/mol. The van der Waals surface area contributed by atoms with Crippen molar-refractivity contribution in [3.05, 3.63) is 24.3 Å². The van der Waals surface area contributed by atoms with Crippen LogP contribution >= 0.6 is 0 Å². The van der Waals surface area contributed by atoms with Gasteiger partial charge >= 0.3 is 0 Å². The van der Waals surface area contributed by atoms with Gasteiger partial charge in [0.05, 0.1) is 6.61 Å². The lowest BCUT2D eigenvalue weighted by Gasteiger charge is -2.36. The molecule has 0 unspecified atom stereocenters. The Kier molecular flexibility index (Phi) is 5.48. The monoisotopic (exact) mass is 290 g/mol. The zero-order chi connectivity index (χ0) is 15.2. The highest BCUT2D eigenvalue weighted by Gasteiger charge is 2.21. The van der Waals surface area contributed by atoms with Crippen LogP contribution in [0.5, 0.6) is 5.75 Å². The minimum Gasteiger partial charge on any atom is -0.494 e. The van der Waals surface area contributed by atoms with Gasteiger partial charge in [-0.1, -0.05) is 13.8 Å². The van der Waals surface area contributed by atoms with E-state index in [2.05, 4.69) is 30.9 Å². The average Bonchev–Trinajstić information content (AvgIpc) is 2.48. The maximum Gasteiger partial charge on any atom is 0.222 e. The SMILES string of the molecule is CCOc1ccc(N2CCN(C(=O)CC(C)C)CC2)cc1. The molecule has 1 saturated heterocycles. The molecule has 116 valence electrons. The van der Waals surface area contributed by atoms with Crippen LogP contribution in [0.15, 0.2) is 24.3 Å². The van der Waals surface area contributed by atoms with Crippen molar-refractivity contribution in [2.45, 2.75) is 27.2 Å². The van der Waals surface area contributed by atoms with E-state index >= 15 is 0 Å². The van der Waals surface area contributed by atoms with E-state index in [1.54, 1.807) is 0 Å². The Hall–Kier alpha value is -1.71. The van der Waals surface area contributed by atoms with Gasteiger partial charge in [0.15, 0.2) is 0 Å². The molecule has 1 aromatic rings. The number of hydrogen-bond acceptors (Lipinski definition) is 3. The molecule has 0 saturated carbocycles. The van der Waals surface area contributed by atoms with Gasteiger partial charge in [-0.15, -0.1) is 0 Å². The number of amides is 1. The average molecular weight is 290 g/mol. The topological polar surface area (TPSA) is 32.8 Å². The molecule has 0 radical (unpaired) electrons. The van der Waals surface area contributed by atoms with Crippen molar-refractivity contribution in [1.29, 1.82) is 0 Å². The molecule has 4 heteroatoms. The predicted molar refractivity (Wildman–Crippen MR) is 85.9 cm³/mol. The highest BCUT2D eigenvalue weighted by Crippen LogP contribution is 2.21. The number of carbonyl (C=O) groups excluding carboxylic acids is 1. The first-order valence-electron chi connectivity index (χ1n) is 7.85. The van der Waals surface area contributed by atoms with Crippen LogP contribution in [-0.2, 0) is 4.79 Å². The van der Waals surface area contributed by atoms with Gasteiger partial charge in [-0.2, -0.15) is 0 Å². The van der Waals surface area contributed by atoms with Crippen LogP contribution in [0.2, 0.25) is 0 Å². The van der Waals surface area contributed by atoms with E-state index in [4.69, 9.17) is 4.74 Å². The number of ether oxygens (including phenoxy) is 1. The summed E-state index contributed by atoms with van der Waals surface area (Å²) >= 11 is 0. The van der Waals surface area contributed by atoms with Gasteiger partial charge in [0.1, 0.15) is 5.75 Å². The fourth-order valence-electron chi connectivity index (χ4n) is 2.61. The lowest BCUT2D eigenvalue weighted by Crippen LogP contribution is -2.49. The fraction of sp³-hybridized carbons (Fsp3) is 0.588. The second kappa shape index (κ2) is 7.34. The van der Waals surface area contributed by atoms with Crippen LogP contribution in [0.3, 0.4) is 0 Å². The number of rotatable bonds is 5. The van der Waals surface area contributed by atoms with Gasteiger partial charge in [-0.25, -0.2) is 0 Å². The first-order chi connectivity index (χ1) is 10.1. The molecule has 1 aliphatic heterocycles. The number of piperazine rings is 1. The fourth-order valence-corrected chi connectivity index (χ4v) is 2.61. The molecule has 1 fully saturated rings. The van der Waals surface area contributed by atoms with Gasteiger partial charge in [-0.3, -0.25) is 4.79 Å². The summed E-state index contributed by atoms with van der Waals surface area (Å²) in [6, 6.07) is 8.21. The molecule has 1 aromatic carbocycles. The first kappa shape index (κ1) is 15.7. The zero-order valence-electron chi connectivity index (χ0n) is 13.3. The lowest BCUT2D eigenvalue weighted by atomic mass is 10.1. The third-order valence-corrected chi connectivity index (χ3v) is 3.73. The van der Waals surface area contributed by atoms with E-state index in [0.717, 1.165) is 31.9 Å². The van der Waals surface area contributed by atoms with Gasteiger partial charge in [-0.05, 0) is 37.1 Å². The summed E-state index contributed by atoms with van der Waals surface area (Å²) in [6.45, 7) is 10.3. The molecule has 0 aliphatic carbocycles. The summed E-state index contributed by atoms with van der Waals surface area (Å²) < 4.78 is 5.46. The van der Waals surface area contributed by atoms with Gasteiger partial charge in [0.2, 0.25) is 5.91 Å². The third-order valence-electron chi connectivity index (χ3n) is 3.73. The summed E-state index contributed by atoms with van der Waals surface area (Å²) in [5.41, 5.74) is 1.20. The van der Waals surface area contributed by atoms with E-state index in [0.29, 0.717) is 18.9 Å². The summed E-state index contributed by atoms with van der Waals surface area (Å²) in [5, 5.41) is 0. The molecule has 0 atom stereocenters. The van der Waals surface area contributed by atoms with Crippen molar-refractivity contribution in [2.24, 2.45) is 5.92 Å². The normalized spacial score (nSPS) is 15.4. The Morgan fingerprint density at radius 3 is 2.29 bits per heavy atom. The van der Waals surface area contributed by atoms with E-state index in [1.807, 2.05) is 24.0 Å². The van der Waals surface area contributed by atoms with Crippen LogP contribution in [0.1, 0.15) is 27.2 Å². The Labute approximate surface area is 127 Å². The Morgan fingerprint density at radius 1 is 1.14 bits per heavy atom. The Balaban J connectivity index is 1.87. The van der Waals surface area contributed by atoms with Crippen molar-refractivity contribution >= 4 is 11.6 Å². The van der Waals surface area contributed by atoms with Gasteiger partial charge in [0, 0.05) is 38.3 Å². The molecule has 1 heterocycles. The molecule has 0 aromatic heterocycles. The number of carbonyl (C=O) groups is 1. The molecule has 0 bridgehead atoms. The first-order valence-corrected chi connectivity index (χ1v) is 7.85. The number of nitrogens with zero attached hydrogens (tertiary/aromatic N) is 2. The number of hydrogen-bond donors (Lipinski definition) is 0. The number of anilines is 1. The van der Waals surface area contributed by atoms with Crippen molar-refractivity contribution in [1.82, 2.24) is 4.90 Å². The molecule has 0 spiro atoms.